The highest BCUT2D eigenvalue weighted by atomic mass is 32.2. The van der Waals surface area contributed by atoms with Gasteiger partial charge >= 0.3 is 0 Å². The Hall–Kier alpha value is -2.55. The number of benzene rings is 2. The van der Waals surface area contributed by atoms with Crippen LogP contribution in [0.5, 0.6) is 0 Å². The number of sulfonamides is 1. The molecule has 0 bridgehead atoms. The van der Waals surface area contributed by atoms with Gasteiger partial charge in [-0.2, -0.15) is 0 Å². The van der Waals surface area contributed by atoms with E-state index in [1.54, 1.807) is 30.3 Å². The quantitative estimate of drug-likeness (QED) is 0.659. The summed E-state index contributed by atoms with van der Waals surface area (Å²) in [5, 5.41) is 2.94. The summed E-state index contributed by atoms with van der Waals surface area (Å²) in [7, 11) is -2.14. The van der Waals surface area contributed by atoms with E-state index in [-0.39, 0.29) is 22.0 Å². The summed E-state index contributed by atoms with van der Waals surface area (Å²) in [6, 6.07) is 12.6. The molecule has 30 heavy (non-hydrogen) atoms. The molecule has 6 nitrogen and oxygen atoms in total. The highest BCUT2D eigenvalue weighted by Crippen LogP contribution is 2.34. The lowest BCUT2D eigenvalue weighted by atomic mass is 9.74. The van der Waals surface area contributed by atoms with Gasteiger partial charge in [0.2, 0.25) is 15.9 Å². The number of rotatable bonds is 7. The largest absolute Gasteiger partial charge is 0.381 e. The summed E-state index contributed by atoms with van der Waals surface area (Å²) in [5.74, 6) is -0.545. The first kappa shape index (κ1) is 22.1. The van der Waals surface area contributed by atoms with Crippen molar-refractivity contribution in [2.45, 2.75) is 23.2 Å². The smallest absolute Gasteiger partial charge is 0.244 e. The fourth-order valence-electron chi connectivity index (χ4n) is 3.50. The predicted molar refractivity (Wildman–Crippen MR) is 113 cm³/mol. The lowest BCUT2D eigenvalue weighted by molar-refractivity contribution is -0.116. The molecule has 0 unspecified atom stereocenters. The van der Waals surface area contributed by atoms with E-state index in [9.17, 15) is 17.6 Å². The van der Waals surface area contributed by atoms with Crippen LogP contribution in [0.1, 0.15) is 24.0 Å². The van der Waals surface area contributed by atoms with Crippen LogP contribution in [0.25, 0.3) is 6.08 Å². The molecule has 160 valence electrons. The van der Waals surface area contributed by atoms with E-state index >= 15 is 0 Å². The minimum atomic E-state index is -3.49. The van der Waals surface area contributed by atoms with Crippen molar-refractivity contribution in [3.63, 3.8) is 0 Å². The van der Waals surface area contributed by atoms with Crippen LogP contribution < -0.4 is 10.0 Å². The number of nitrogens with one attached hydrogen (secondary N) is 2. The number of halogens is 1. The summed E-state index contributed by atoms with van der Waals surface area (Å²) in [6.07, 6.45) is 4.52. The summed E-state index contributed by atoms with van der Waals surface area (Å²) in [6.45, 7) is 1.60. The monoisotopic (exact) mass is 432 g/mol. The topological polar surface area (TPSA) is 84.5 Å². The van der Waals surface area contributed by atoms with E-state index < -0.39 is 10.0 Å². The van der Waals surface area contributed by atoms with Crippen molar-refractivity contribution in [2.75, 3.05) is 26.8 Å². The molecule has 0 aliphatic carbocycles. The number of amides is 1. The Balaban J connectivity index is 1.65. The first-order valence-corrected chi connectivity index (χ1v) is 11.2. The van der Waals surface area contributed by atoms with Crippen LogP contribution in [-0.4, -0.2) is 41.1 Å². The normalized spacial score (nSPS) is 16.5. The summed E-state index contributed by atoms with van der Waals surface area (Å²) in [4.78, 5) is 12.5. The standard InChI is InChI=1S/C22H25FN2O4S/c1-24-30(27,28)20-9-2-17(3-10-20)4-11-21(26)25-16-22(12-14-29-15-13-22)18-5-7-19(23)8-6-18/h2-11,24H,12-16H2,1H3,(H,25,26). The van der Waals surface area contributed by atoms with Crippen LogP contribution in [0.3, 0.4) is 0 Å². The third kappa shape index (κ3) is 5.33. The van der Waals surface area contributed by atoms with Gasteiger partial charge in [-0.25, -0.2) is 17.5 Å². The van der Waals surface area contributed by atoms with E-state index in [1.807, 2.05) is 0 Å². The van der Waals surface area contributed by atoms with Crippen LogP contribution in [0.15, 0.2) is 59.5 Å². The molecule has 0 radical (unpaired) electrons. The summed E-state index contributed by atoms with van der Waals surface area (Å²) >= 11 is 0. The maximum absolute atomic E-state index is 13.3. The molecule has 0 aromatic heterocycles. The van der Waals surface area contributed by atoms with Crippen LogP contribution in [0.2, 0.25) is 0 Å². The van der Waals surface area contributed by atoms with Gasteiger partial charge in [0.1, 0.15) is 5.82 Å². The van der Waals surface area contributed by atoms with Gasteiger partial charge in [0.15, 0.2) is 0 Å². The zero-order chi connectivity index (χ0) is 21.6. The average Bonchev–Trinajstić information content (AvgIpc) is 2.77. The van der Waals surface area contributed by atoms with E-state index in [0.29, 0.717) is 25.3 Å². The van der Waals surface area contributed by atoms with Crippen molar-refractivity contribution in [1.82, 2.24) is 10.0 Å². The fourth-order valence-corrected chi connectivity index (χ4v) is 4.23. The fraction of sp³-hybridized carbons (Fsp3) is 0.318. The molecule has 0 atom stereocenters. The molecule has 1 aliphatic rings. The Labute approximate surface area is 176 Å². The van der Waals surface area contributed by atoms with Crippen molar-refractivity contribution >= 4 is 22.0 Å². The first-order chi connectivity index (χ1) is 14.3. The van der Waals surface area contributed by atoms with Gasteiger partial charge in [0.05, 0.1) is 4.90 Å². The van der Waals surface area contributed by atoms with Gasteiger partial charge in [-0.3, -0.25) is 4.79 Å². The van der Waals surface area contributed by atoms with Gasteiger partial charge in [0.25, 0.3) is 0 Å². The summed E-state index contributed by atoms with van der Waals surface area (Å²) < 4.78 is 44.6. The molecule has 3 rings (SSSR count). The molecule has 0 saturated carbocycles. The van der Waals surface area contributed by atoms with Gasteiger partial charge < -0.3 is 10.1 Å². The molecular weight excluding hydrogens is 407 g/mol. The van der Waals surface area contributed by atoms with Crippen molar-refractivity contribution in [1.29, 1.82) is 0 Å². The minimum absolute atomic E-state index is 0.160. The van der Waals surface area contributed by atoms with Gasteiger partial charge in [-0.1, -0.05) is 24.3 Å². The number of hydrogen-bond acceptors (Lipinski definition) is 4. The molecule has 1 aliphatic heterocycles. The van der Waals surface area contributed by atoms with Gasteiger partial charge in [0, 0.05) is 31.2 Å². The van der Waals surface area contributed by atoms with E-state index in [4.69, 9.17) is 4.74 Å². The lowest BCUT2D eigenvalue weighted by Gasteiger charge is -2.37. The zero-order valence-corrected chi connectivity index (χ0v) is 17.5. The second-order valence-corrected chi connectivity index (χ2v) is 9.11. The molecule has 1 amide bonds. The average molecular weight is 433 g/mol. The number of ether oxygens (including phenoxy) is 1. The van der Waals surface area contributed by atoms with Gasteiger partial charge in [-0.05, 0) is 61.4 Å². The maximum atomic E-state index is 13.3. The highest BCUT2D eigenvalue weighted by Gasteiger charge is 2.34. The SMILES string of the molecule is CNS(=O)(=O)c1ccc(C=CC(=O)NCC2(c3ccc(F)cc3)CCOCC2)cc1. The van der Waals surface area contributed by atoms with E-state index in [0.717, 1.165) is 18.4 Å². The molecule has 0 spiro atoms. The Morgan fingerprint density at radius 3 is 2.33 bits per heavy atom. The Bertz CT molecular complexity index is 996. The highest BCUT2D eigenvalue weighted by molar-refractivity contribution is 7.89. The maximum Gasteiger partial charge on any atom is 0.244 e. The van der Waals surface area contributed by atoms with Crippen molar-refractivity contribution in [3.8, 4) is 0 Å². The van der Waals surface area contributed by atoms with Crippen LogP contribution in [-0.2, 0) is 25.0 Å². The third-order valence-corrected chi connectivity index (χ3v) is 6.82. The Morgan fingerprint density at radius 1 is 1.10 bits per heavy atom. The van der Waals surface area contributed by atoms with Crippen molar-refractivity contribution < 1.29 is 22.3 Å². The molecule has 1 saturated heterocycles. The Morgan fingerprint density at radius 2 is 1.73 bits per heavy atom. The molecule has 1 heterocycles. The van der Waals surface area contributed by atoms with Crippen molar-refractivity contribution in [3.05, 3.63) is 71.6 Å². The van der Waals surface area contributed by atoms with E-state index in [2.05, 4.69) is 10.0 Å². The molecular formula is C22H25FN2O4S. The first-order valence-electron chi connectivity index (χ1n) is 9.68. The molecule has 8 heteroatoms. The molecule has 2 aromatic carbocycles. The summed E-state index contributed by atoms with van der Waals surface area (Å²) in [5.41, 5.74) is 1.40. The lowest BCUT2D eigenvalue weighted by Crippen LogP contribution is -2.44. The third-order valence-electron chi connectivity index (χ3n) is 5.39. The Kier molecular flexibility index (Phi) is 7.02. The minimum Gasteiger partial charge on any atom is -0.381 e. The number of carbonyl (C=O) groups excluding carboxylic acids is 1. The second kappa shape index (κ2) is 9.51. The zero-order valence-electron chi connectivity index (χ0n) is 16.7. The van der Waals surface area contributed by atoms with Crippen LogP contribution in [0.4, 0.5) is 4.39 Å². The van der Waals surface area contributed by atoms with Crippen molar-refractivity contribution in [2.24, 2.45) is 0 Å². The molecule has 2 aromatic rings. The van der Waals surface area contributed by atoms with Crippen LogP contribution >= 0.6 is 0 Å². The number of hydrogen-bond donors (Lipinski definition) is 2. The van der Waals surface area contributed by atoms with Gasteiger partial charge in [-0.15, -0.1) is 0 Å². The second-order valence-electron chi connectivity index (χ2n) is 7.23. The molecule has 1 fully saturated rings. The predicted octanol–water partition coefficient (Wildman–Crippen LogP) is 2.61. The number of carbonyl (C=O) groups is 1. The van der Waals surface area contributed by atoms with Crippen LogP contribution in [0, 0.1) is 5.82 Å². The van der Waals surface area contributed by atoms with E-state index in [1.165, 1.54) is 37.4 Å². The molecule has 2 N–H and O–H groups in total.